The molecule has 1 atom stereocenters. The van der Waals surface area contributed by atoms with Gasteiger partial charge in [-0.15, -0.1) is 0 Å². The minimum Gasteiger partial charge on any atom is -0.493 e. The molecular formula is C17H23N3O4S. The normalized spacial score (nSPS) is 11.8. The van der Waals surface area contributed by atoms with Crippen molar-refractivity contribution in [3.05, 3.63) is 30.0 Å². The zero-order valence-electron chi connectivity index (χ0n) is 14.5. The average molecular weight is 365 g/mol. The van der Waals surface area contributed by atoms with Crippen molar-refractivity contribution in [3.63, 3.8) is 0 Å². The molecule has 136 valence electrons. The second kappa shape index (κ2) is 9.33. The van der Waals surface area contributed by atoms with Gasteiger partial charge >= 0.3 is 0 Å². The molecular weight excluding hydrogens is 342 g/mol. The summed E-state index contributed by atoms with van der Waals surface area (Å²) in [5.74, 6) is 1.79. The van der Waals surface area contributed by atoms with Crippen molar-refractivity contribution in [1.29, 1.82) is 0 Å². The molecule has 8 heteroatoms. The van der Waals surface area contributed by atoms with Crippen LogP contribution in [-0.4, -0.2) is 60.1 Å². The van der Waals surface area contributed by atoms with E-state index in [1.54, 1.807) is 44.2 Å². The van der Waals surface area contributed by atoms with Crippen molar-refractivity contribution in [3.8, 4) is 22.8 Å². The van der Waals surface area contributed by atoms with E-state index in [0.29, 0.717) is 29.3 Å². The van der Waals surface area contributed by atoms with Crippen LogP contribution in [0.3, 0.4) is 0 Å². The first-order chi connectivity index (χ1) is 12.1. The maximum atomic E-state index is 12.3. The standard InChI is InChI=1S/C17H23N3O4S/c1-23-15-5-4-11(8-16(15)24-2)13-9-14(20-19-13)17(22)18-12(10-21)6-7-25-3/h4-5,8-9,12,21H,6-7,10H2,1-3H3,(H,18,22)(H,19,20). The van der Waals surface area contributed by atoms with Gasteiger partial charge in [-0.3, -0.25) is 9.89 Å². The molecule has 25 heavy (non-hydrogen) atoms. The molecule has 0 bridgehead atoms. The molecule has 2 rings (SSSR count). The highest BCUT2D eigenvalue weighted by Crippen LogP contribution is 2.31. The van der Waals surface area contributed by atoms with Crippen LogP contribution in [0.5, 0.6) is 11.5 Å². The van der Waals surface area contributed by atoms with Crippen LogP contribution in [-0.2, 0) is 0 Å². The average Bonchev–Trinajstić information content (AvgIpc) is 3.14. The number of H-pyrrole nitrogens is 1. The molecule has 0 spiro atoms. The highest BCUT2D eigenvalue weighted by Gasteiger charge is 2.16. The van der Waals surface area contributed by atoms with Crippen LogP contribution in [0.1, 0.15) is 16.9 Å². The first-order valence-electron chi connectivity index (χ1n) is 7.81. The molecule has 1 aromatic heterocycles. The van der Waals surface area contributed by atoms with Crippen LogP contribution >= 0.6 is 11.8 Å². The third-order valence-corrected chi connectivity index (χ3v) is 4.37. The minimum absolute atomic E-state index is 0.0943. The fraction of sp³-hybridized carbons (Fsp3) is 0.412. The molecule has 7 nitrogen and oxygen atoms in total. The molecule has 0 aliphatic carbocycles. The number of methoxy groups -OCH3 is 2. The van der Waals surface area contributed by atoms with E-state index in [4.69, 9.17) is 9.47 Å². The smallest absolute Gasteiger partial charge is 0.269 e. The van der Waals surface area contributed by atoms with E-state index in [1.165, 1.54) is 0 Å². The number of thioether (sulfide) groups is 1. The summed E-state index contributed by atoms with van der Waals surface area (Å²) in [7, 11) is 3.14. The molecule has 0 saturated heterocycles. The van der Waals surface area contributed by atoms with Crippen molar-refractivity contribution in [1.82, 2.24) is 15.5 Å². The largest absolute Gasteiger partial charge is 0.493 e. The summed E-state index contributed by atoms with van der Waals surface area (Å²) in [6.45, 7) is -0.0943. The molecule has 1 aromatic carbocycles. The van der Waals surface area contributed by atoms with Crippen LogP contribution in [0.4, 0.5) is 0 Å². The number of amides is 1. The summed E-state index contributed by atoms with van der Waals surface area (Å²) >= 11 is 1.67. The van der Waals surface area contributed by atoms with Crippen LogP contribution in [0.15, 0.2) is 24.3 Å². The number of aromatic nitrogens is 2. The molecule has 1 heterocycles. The summed E-state index contributed by atoms with van der Waals surface area (Å²) in [6, 6.07) is 6.82. The highest BCUT2D eigenvalue weighted by molar-refractivity contribution is 7.98. The van der Waals surface area contributed by atoms with Crippen molar-refractivity contribution < 1.29 is 19.4 Å². The Morgan fingerprint density at radius 2 is 2.08 bits per heavy atom. The summed E-state index contributed by atoms with van der Waals surface area (Å²) in [4.78, 5) is 12.3. The number of aliphatic hydroxyl groups is 1. The van der Waals surface area contributed by atoms with Crippen LogP contribution < -0.4 is 14.8 Å². The van der Waals surface area contributed by atoms with Gasteiger partial charge in [-0.2, -0.15) is 16.9 Å². The molecule has 1 amide bonds. The zero-order chi connectivity index (χ0) is 18.2. The molecule has 0 aliphatic heterocycles. The predicted octanol–water partition coefficient (Wildman–Crippen LogP) is 1.94. The van der Waals surface area contributed by atoms with Gasteiger partial charge in [0.15, 0.2) is 11.5 Å². The maximum Gasteiger partial charge on any atom is 0.269 e. The Labute approximate surface area is 151 Å². The number of aliphatic hydroxyl groups excluding tert-OH is 1. The van der Waals surface area contributed by atoms with E-state index in [0.717, 1.165) is 11.3 Å². The molecule has 2 aromatic rings. The molecule has 1 unspecified atom stereocenters. The number of ether oxygens (including phenoxy) is 2. The van der Waals surface area contributed by atoms with Crippen molar-refractivity contribution in [2.24, 2.45) is 0 Å². The van der Waals surface area contributed by atoms with Gasteiger partial charge in [0.1, 0.15) is 5.69 Å². The fourth-order valence-electron chi connectivity index (χ4n) is 2.31. The second-order valence-corrected chi connectivity index (χ2v) is 6.36. The number of nitrogens with zero attached hydrogens (tertiary/aromatic N) is 1. The van der Waals surface area contributed by atoms with Crippen molar-refractivity contribution in [2.45, 2.75) is 12.5 Å². The molecule has 0 saturated carbocycles. The third-order valence-electron chi connectivity index (χ3n) is 3.73. The zero-order valence-corrected chi connectivity index (χ0v) is 15.4. The van der Waals surface area contributed by atoms with E-state index in [9.17, 15) is 9.90 Å². The number of hydrogen-bond donors (Lipinski definition) is 3. The molecule has 3 N–H and O–H groups in total. The topological polar surface area (TPSA) is 96.5 Å². The summed E-state index contributed by atoms with van der Waals surface area (Å²) in [6.07, 6.45) is 2.70. The predicted molar refractivity (Wildman–Crippen MR) is 98.5 cm³/mol. The van der Waals surface area contributed by atoms with E-state index in [2.05, 4.69) is 15.5 Å². The number of aromatic amines is 1. The lowest BCUT2D eigenvalue weighted by atomic mass is 10.1. The SMILES string of the molecule is COc1ccc(-c2cc(C(=O)NC(CO)CCSC)[nH]n2)cc1OC. The van der Waals surface area contributed by atoms with E-state index >= 15 is 0 Å². The van der Waals surface area contributed by atoms with Gasteiger partial charge in [-0.1, -0.05) is 0 Å². The number of carbonyl (C=O) groups excluding carboxylic acids is 1. The summed E-state index contributed by atoms with van der Waals surface area (Å²) < 4.78 is 10.5. The Hall–Kier alpha value is -2.19. The molecule has 0 aliphatic rings. The van der Waals surface area contributed by atoms with E-state index in [1.807, 2.05) is 12.3 Å². The van der Waals surface area contributed by atoms with Gasteiger partial charge in [-0.05, 0) is 42.7 Å². The van der Waals surface area contributed by atoms with Gasteiger partial charge in [0.25, 0.3) is 5.91 Å². The Bertz CT molecular complexity index is 705. The fourth-order valence-corrected chi connectivity index (χ4v) is 2.83. The van der Waals surface area contributed by atoms with Gasteiger partial charge < -0.3 is 19.9 Å². The number of benzene rings is 1. The van der Waals surface area contributed by atoms with Crippen molar-refractivity contribution >= 4 is 17.7 Å². The number of rotatable bonds is 9. The van der Waals surface area contributed by atoms with Crippen LogP contribution in [0, 0.1) is 0 Å². The molecule has 0 fully saturated rings. The van der Waals surface area contributed by atoms with Gasteiger partial charge in [0, 0.05) is 5.56 Å². The van der Waals surface area contributed by atoms with Crippen LogP contribution in [0.2, 0.25) is 0 Å². The Morgan fingerprint density at radius 3 is 2.72 bits per heavy atom. The quantitative estimate of drug-likeness (QED) is 0.628. The first-order valence-corrected chi connectivity index (χ1v) is 9.20. The molecule has 0 radical (unpaired) electrons. The monoisotopic (exact) mass is 365 g/mol. The minimum atomic E-state index is -0.292. The van der Waals surface area contributed by atoms with E-state index < -0.39 is 0 Å². The van der Waals surface area contributed by atoms with Crippen LogP contribution in [0.25, 0.3) is 11.3 Å². The summed E-state index contributed by atoms with van der Waals surface area (Å²) in [5.41, 5.74) is 1.76. The lowest BCUT2D eigenvalue weighted by molar-refractivity contribution is 0.0910. The summed E-state index contributed by atoms with van der Waals surface area (Å²) in [5, 5.41) is 19.1. The first kappa shape index (κ1) is 19.1. The Morgan fingerprint density at radius 1 is 1.32 bits per heavy atom. The van der Waals surface area contributed by atoms with E-state index in [-0.39, 0.29) is 18.6 Å². The number of nitrogens with one attached hydrogen (secondary N) is 2. The maximum absolute atomic E-state index is 12.3. The number of carbonyl (C=O) groups is 1. The lowest BCUT2D eigenvalue weighted by Crippen LogP contribution is -2.38. The highest BCUT2D eigenvalue weighted by atomic mass is 32.2. The van der Waals surface area contributed by atoms with Crippen molar-refractivity contribution in [2.75, 3.05) is 32.8 Å². The second-order valence-electron chi connectivity index (χ2n) is 5.37. The van der Waals surface area contributed by atoms with Gasteiger partial charge in [0.2, 0.25) is 0 Å². The number of hydrogen-bond acceptors (Lipinski definition) is 6. The lowest BCUT2D eigenvalue weighted by Gasteiger charge is -2.14. The van der Waals surface area contributed by atoms with Gasteiger partial charge in [-0.25, -0.2) is 0 Å². The Balaban J connectivity index is 2.12. The van der Waals surface area contributed by atoms with Gasteiger partial charge in [0.05, 0.1) is 32.6 Å². The Kier molecular flexibility index (Phi) is 7.15. The third kappa shape index (κ3) is 4.90.